The maximum absolute atomic E-state index is 6.05. The summed E-state index contributed by atoms with van der Waals surface area (Å²) in [6, 6.07) is 1.83. The number of rotatable bonds is 2. The Labute approximate surface area is 129 Å². The van der Waals surface area contributed by atoms with E-state index in [1.54, 1.807) is 0 Å². The van der Waals surface area contributed by atoms with E-state index in [1.165, 1.54) is 0 Å². The standard InChI is InChI=1S/C15H23BrN2O2/c1-9-6-11(7-10(2)19-9)20-13-8-12(16)17-14(18-13)15(3,4)5/h8-11H,6-7H2,1-5H3. The highest BCUT2D eigenvalue weighted by molar-refractivity contribution is 9.10. The number of hydrogen-bond acceptors (Lipinski definition) is 4. The predicted octanol–water partition coefficient (Wildman–Crippen LogP) is 3.87. The molecule has 1 aliphatic rings. The smallest absolute Gasteiger partial charge is 0.218 e. The molecule has 1 aromatic heterocycles. The fraction of sp³-hybridized carbons (Fsp3) is 0.733. The monoisotopic (exact) mass is 342 g/mol. The Balaban J connectivity index is 2.15. The Morgan fingerprint density at radius 3 is 2.35 bits per heavy atom. The van der Waals surface area contributed by atoms with Crippen molar-refractivity contribution < 1.29 is 9.47 Å². The third kappa shape index (κ3) is 4.16. The van der Waals surface area contributed by atoms with E-state index in [0.29, 0.717) is 5.88 Å². The van der Waals surface area contributed by atoms with Gasteiger partial charge >= 0.3 is 0 Å². The summed E-state index contributed by atoms with van der Waals surface area (Å²) < 4.78 is 12.5. The summed E-state index contributed by atoms with van der Waals surface area (Å²) in [5, 5.41) is 0. The third-order valence-corrected chi connectivity index (χ3v) is 3.69. The summed E-state index contributed by atoms with van der Waals surface area (Å²) in [5.41, 5.74) is -0.0991. The molecular weight excluding hydrogens is 320 g/mol. The van der Waals surface area contributed by atoms with Crippen molar-refractivity contribution >= 4 is 15.9 Å². The van der Waals surface area contributed by atoms with Crippen LogP contribution in [0, 0.1) is 0 Å². The highest BCUT2D eigenvalue weighted by Crippen LogP contribution is 2.27. The van der Waals surface area contributed by atoms with Gasteiger partial charge in [0.1, 0.15) is 16.5 Å². The second-order valence-electron chi connectivity index (χ2n) is 6.57. The molecule has 0 spiro atoms. The fourth-order valence-electron chi connectivity index (χ4n) is 2.40. The van der Waals surface area contributed by atoms with Crippen LogP contribution in [-0.4, -0.2) is 28.3 Å². The Morgan fingerprint density at radius 2 is 1.80 bits per heavy atom. The van der Waals surface area contributed by atoms with Crippen molar-refractivity contribution in [2.45, 2.75) is 71.2 Å². The summed E-state index contributed by atoms with van der Waals surface area (Å²) in [4.78, 5) is 8.97. The lowest BCUT2D eigenvalue weighted by Gasteiger charge is -2.32. The zero-order valence-electron chi connectivity index (χ0n) is 12.8. The largest absolute Gasteiger partial charge is 0.474 e. The van der Waals surface area contributed by atoms with Gasteiger partial charge in [-0.15, -0.1) is 0 Å². The van der Waals surface area contributed by atoms with Gasteiger partial charge in [-0.3, -0.25) is 0 Å². The molecule has 1 aliphatic heterocycles. The zero-order valence-corrected chi connectivity index (χ0v) is 14.4. The van der Waals surface area contributed by atoms with Crippen molar-refractivity contribution in [2.24, 2.45) is 0 Å². The first-order valence-electron chi connectivity index (χ1n) is 7.11. The SMILES string of the molecule is CC1CC(Oc2cc(Br)nc(C(C)(C)C)n2)CC(C)O1. The highest BCUT2D eigenvalue weighted by Gasteiger charge is 2.27. The molecule has 0 aliphatic carbocycles. The van der Waals surface area contributed by atoms with Crippen LogP contribution in [-0.2, 0) is 10.2 Å². The normalized spacial score (nSPS) is 27.4. The topological polar surface area (TPSA) is 44.2 Å². The van der Waals surface area contributed by atoms with Crippen LogP contribution in [0.15, 0.2) is 10.7 Å². The van der Waals surface area contributed by atoms with Crippen LogP contribution < -0.4 is 4.74 Å². The molecule has 2 unspecified atom stereocenters. The Morgan fingerprint density at radius 1 is 1.20 bits per heavy atom. The third-order valence-electron chi connectivity index (χ3n) is 3.28. The second-order valence-corrected chi connectivity index (χ2v) is 7.38. The van der Waals surface area contributed by atoms with Gasteiger partial charge in [0, 0.05) is 24.3 Å². The Kier molecular flexibility index (Phi) is 4.69. The van der Waals surface area contributed by atoms with Gasteiger partial charge in [0.15, 0.2) is 0 Å². The van der Waals surface area contributed by atoms with Gasteiger partial charge in [-0.2, -0.15) is 4.98 Å². The van der Waals surface area contributed by atoms with E-state index in [1.807, 2.05) is 6.07 Å². The summed E-state index contributed by atoms with van der Waals surface area (Å²) in [6.07, 6.45) is 2.42. The molecule has 0 bridgehead atoms. The predicted molar refractivity (Wildman–Crippen MR) is 82.1 cm³/mol. The maximum atomic E-state index is 6.05. The molecule has 0 radical (unpaired) electrons. The molecule has 5 heteroatoms. The number of aromatic nitrogens is 2. The lowest BCUT2D eigenvalue weighted by atomic mass is 9.96. The molecule has 0 saturated carbocycles. The number of halogens is 1. The van der Waals surface area contributed by atoms with Crippen molar-refractivity contribution in [3.63, 3.8) is 0 Å². The summed E-state index contributed by atoms with van der Waals surface area (Å²) >= 11 is 3.44. The Bertz CT molecular complexity index is 463. The molecule has 2 atom stereocenters. The number of hydrogen-bond donors (Lipinski definition) is 0. The molecular formula is C15H23BrN2O2. The molecule has 1 saturated heterocycles. The van der Waals surface area contributed by atoms with E-state index >= 15 is 0 Å². The number of nitrogens with zero attached hydrogens (tertiary/aromatic N) is 2. The first-order chi connectivity index (χ1) is 9.24. The lowest BCUT2D eigenvalue weighted by molar-refractivity contribution is -0.0730. The van der Waals surface area contributed by atoms with Gasteiger partial charge in [-0.25, -0.2) is 4.98 Å². The van der Waals surface area contributed by atoms with E-state index in [2.05, 4.69) is 60.5 Å². The van der Waals surface area contributed by atoms with Gasteiger partial charge in [0.2, 0.25) is 5.88 Å². The van der Waals surface area contributed by atoms with E-state index < -0.39 is 0 Å². The maximum Gasteiger partial charge on any atom is 0.218 e. The summed E-state index contributed by atoms with van der Waals surface area (Å²) in [6.45, 7) is 10.5. The summed E-state index contributed by atoms with van der Waals surface area (Å²) in [7, 11) is 0. The van der Waals surface area contributed by atoms with Crippen LogP contribution in [0.1, 0.15) is 53.3 Å². The quantitative estimate of drug-likeness (QED) is 0.765. The average molecular weight is 343 g/mol. The number of ether oxygens (including phenoxy) is 2. The van der Waals surface area contributed by atoms with Crippen molar-refractivity contribution in [3.8, 4) is 5.88 Å². The first kappa shape index (κ1) is 15.7. The van der Waals surface area contributed by atoms with Crippen molar-refractivity contribution in [1.82, 2.24) is 9.97 Å². The highest BCUT2D eigenvalue weighted by atomic mass is 79.9. The molecule has 4 nitrogen and oxygen atoms in total. The lowest BCUT2D eigenvalue weighted by Crippen LogP contribution is -2.36. The molecule has 0 amide bonds. The zero-order chi connectivity index (χ0) is 14.9. The molecule has 2 heterocycles. The van der Waals surface area contributed by atoms with E-state index in [-0.39, 0.29) is 23.7 Å². The fourth-order valence-corrected chi connectivity index (χ4v) is 2.77. The van der Waals surface area contributed by atoms with Crippen LogP contribution >= 0.6 is 15.9 Å². The first-order valence-corrected chi connectivity index (χ1v) is 7.90. The molecule has 112 valence electrons. The van der Waals surface area contributed by atoms with Gasteiger partial charge in [-0.1, -0.05) is 20.8 Å². The van der Waals surface area contributed by atoms with E-state index in [9.17, 15) is 0 Å². The van der Waals surface area contributed by atoms with Gasteiger partial charge in [0.25, 0.3) is 0 Å². The molecule has 0 aromatic carbocycles. The van der Waals surface area contributed by atoms with Gasteiger partial charge in [0.05, 0.1) is 12.2 Å². The molecule has 1 fully saturated rings. The molecule has 20 heavy (non-hydrogen) atoms. The van der Waals surface area contributed by atoms with Crippen molar-refractivity contribution in [2.75, 3.05) is 0 Å². The van der Waals surface area contributed by atoms with Crippen LogP contribution in [0.25, 0.3) is 0 Å². The van der Waals surface area contributed by atoms with Crippen molar-refractivity contribution in [3.05, 3.63) is 16.5 Å². The molecule has 2 rings (SSSR count). The van der Waals surface area contributed by atoms with Crippen LogP contribution in [0.2, 0.25) is 0 Å². The summed E-state index contributed by atoms with van der Waals surface area (Å²) in [5.74, 6) is 1.43. The van der Waals surface area contributed by atoms with E-state index in [0.717, 1.165) is 23.3 Å². The van der Waals surface area contributed by atoms with Gasteiger partial charge < -0.3 is 9.47 Å². The minimum absolute atomic E-state index is 0.0991. The van der Waals surface area contributed by atoms with Crippen LogP contribution in [0.4, 0.5) is 0 Å². The molecule has 0 N–H and O–H groups in total. The van der Waals surface area contributed by atoms with Crippen LogP contribution in [0.5, 0.6) is 5.88 Å². The minimum atomic E-state index is -0.0991. The average Bonchev–Trinajstić information content (AvgIpc) is 2.25. The molecule has 1 aromatic rings. The Hall–Kier alpha value is -0.680. The van der Waals surface area contributed by atoms with Gasteiger partial charge in [-0.05, 0) is 29.8 Å². The van der Waals surface area contributed by atoms with E-state index in [4.69, 9.17) is 9.47 Å². The van der Waals surface area contributed by atoms with Crippen LogP contribution in [0.3, 0.4) is 0 Å². The van der Waals surface area contributed by atoms with Crippen molar-refractivity contribution in [1.29, 1.82) is 0 Å². The second kappa shape index (κ2) is 5.98. The minimum Gasteiger partial charge on any atom is -0.474 e.